The van der Waals surface area contributed by atoms with Gasteiger partial charge in [0.1, 0.15) is 0 Å². The Morgan fingerprint density at radius 1 is 1.24 bits per heavy atom. The van der Waals surface area contributed by atoms with Crippen LogP contribution in [0, 0.1) is 6.92 Å². The molecule has 17 heavy (non-hydrogen) atoms. The molecule has 0 amide bonds. The van der Waals surface area contributed by atoms with Crippen molar-refractivity contribution in [3.63, 3.8) is 0 Å². The molecule has 0 saturated heterocycles. The Kier molecular flexibility index (Phi) is 2.49. The smallest absolute Gasteiger partial charge is 0.187 e. The van der Waals surface area contributed by atoms with Crippen molar-refractivity contribution in [3.05, 3.63) is 34.5 Å². The Morgan fingerprint density at radius 3 is 2.76 bits per heavy atom. The van der Waals surface area contributed by atoms with Crippen molar-refractivity contribution < 1.29 is 4.52 Å². The van der Waals surface area contributed by atoms with Gasteiger partial charge in [0.15, 0.2) is 11.6 Å². The van der Waals surface area contributed by atoms with Crippen molar-refractivity contribution in [2.45, 2.75) is 6.92 Å². The molecule has 0 aliphatic heterocycles. The lowest BCUT2D eigenvalue weighted by molar-refractivity contribution is 0.437. The first-order valence-corrected chi connectivity index (χ1v) is 6.81. The molecule has 5 heteroatoms. The third kappa shape index (κ3) is 1.77. The highest BCUT2D eigenvalue weighted by atomic mass is 32.1. The van der Waals surface area contributed by atoms with Gasteiger partial charge >= 0.3 is 0 Å². The molecule has 0 unspecified atom stereocenters. The summed E-state index contributed by atoms with van der Waals surface area (Å²) in [7, 11) is 0. The number of aryl methyl sites for hydroxylation is 1. The Balaban J connectivity index is 2.19. The zero-order valence-corrected chi connectivity index (χ0v) is 10.8. The predicted octanol–water partition coefficient (Wildman–Crippen LogP) is 4.02. The van der Waals surface area contributed by atoms with Crippen molar-refractivity contribution >= 4 is 28.5 Å². The van der Waals surface area contributed by atoms with Crippen LogP contribution in [0.4, 0.5) is 5.82 Å². The minimum absolute atomic E-state index is 0.452. The number of aromatic nitrogens is 1. The van der Waals surface area contributed by atoms with Crippen LogP contribution in [0.25, 0.3) is 21.1 Å². The van der Waals surface area contributed by atoms with E-state index in [0.29, 0.717) is 5.82 Å². The minimum atomic E-state index is 0.452. The summed E-state index contributed by atoms with van der Waals surface area (Å²) < 4.78 is 5.36. The molecule has 3 aromatic heterocycles. The van der Waals surface area contributed by atoms with Gasteiger partial charge in [-0.2, -0.15) is 0 Å². The van der Waals surface area contributed by atoms with E-state index in [1.807, 2.05) is 23.6 Å². The maximum Gasteiger partial charge on any atom is 0.187 e. The summed E-state index contributed by atoms with van der Waals surface area (Å²) in [6.45, 7) is 2.07. The van der Waals surface area contributed by atoms with E-state index in [1.54, 1.807) is 22.7 Å². The summed E-state index contributed by atoms with van der Waals surface area (Å²) >= 11 is 3.32. The van der Waals surface area contributed by atoms with Crippen LogP contribution in [0.15, 0.2) is 34.2 Å². The molecule has 0 fully saturated rings. The first-order chi connectivity index (χ1) is 8.25. The molecular weight excluding hydrogens is 252 g/mol. The van der Waals surface area contributed by atoms with Crippen molar-refractivity contribution in [3.8, 4) is 21.1 Å². The average molecular weight is 262 g/mol. The van der Waals surface area contributed by atoms with Crippen LogP contribution in [0.5, 0.6) is 0 Å². The van der Waals surface area contributed by atoms with Crippen LogP contribution in [-0.4, -0.2) is 5.16 Å². The van der Waals surface area contributed by atoms with Gasteiger partial charge in [-0.05, 0) is 30.5 Å². The van der Waals surface area contributed by atoms with E-state index in [4.69, 9.17) is 10.3 Å². The van der Waals surface area contributed by atoms with Crippen LogP contribution in [0.3, 0.4) is 0 Å². The maximum atomic E-state index is 5.88. The van der Waals surface area contributed by atoms with Crippen LogP contribution < -0.4 is 5.73 Å². The Bertz CT molecular complexity index is 637. The zero-order valence-electron chi connectivity index (χ0n) is 9.14. The van der Waals surface area contributed by atoms with Crippen molar-refractivity contribution in [2.24, 2.45) is 0 Å². The number of nitrogens with two attached hydrogens (primary N) is 1. The molecular formula is C12H10N2OS2. The Labute approximate surface area is 106 Å². The van der Waals surface area contributed by atoms with Crippen molar-refractivity contribution in [1.29, 1.82) is 0 Å². The molecule has 0 radical (unpaired) electrons. The normalized spacial score (nSPS) is 10.9. The second-order valence-corrected chi connectivity index (χ2v) is 5.90. The van der Waals surface area contributed by atoms with Gasteiger partial charge in [-0.15, -0.1) is 22.7 Å². The van der Waals surface area contributed by atoms with E-state index >= 15 is 0 Å². The number of hydrogen-bond donors (Lipinski definition) is 1. The SMILES string of the molecule is Cc1ccc(-c2onc(N)c2-c2cccs2)s1. The van der Waals surface area contributed by atoms with Gasteiger partial charge in [-0.3, -0.25) is 0 Å². The highest BCUT2D eigenvalue weighted by Crippen LogP contribution is 2.40. The lowest BCUT2D eigenvalue weighted by atomic mass is 10.2. The Morgan fingerprint density at radius 2 is 2.12 bits per heavy atom. The molecule has 2 N–H and O–H groups in total. The summed E-state index contributed by atoms with van der Waals surface area (Å²) in [5.41, 5.74) is 6.79. The number of nitrogen functional groups attached to an aromatic ring is 1. The monoisotopic (exact) mass is 262 g/mol. The standard InChI is InChI=1S/C12H10N2OS2/c1-7-4-5-9(17-7)11-10(12(13)14-15-11)8-3-2-6-16-8/h2-6H,1H3,(H2,13,14). The number of rotatable bonds is 2. The van der Waals surface area contributed by atoms with E-state index in [-0.39, 0.29) is 0 Å². The molecule has 0 atom stereocenters. The summed E-state index contributed by atoms with van der Waals surface area (Å²) in [5.74, 6) is 1.22. The first kappa shape index (κ1) is 10.6. The molecule has 0 spiro atoms. The first-order valence-electron chi connectivity index (χ1n) is 5.11. The Hall–Kier alpha value is -1.59. The molecule has 86 valence electrons. The highest BCUT2D eigenvalue weighted by molar-refractivity contribution is 7.15. The fraction of sp³-hybridized carbons (Fsp3) is 0.0833. The fourth-order valence-electron chi connectivity index (χ4n) is 1.69. The largest absolute Gasteiger partial charge is 0.380 e. The fourth-order valence-corrected chi connectivity index (χ4v) is 3.31. The number of anilines is 1. The van der Waals surface area contributed by atoms with Crippen molar-refractivity contribution in [2.75, 3.05) is 5.73 Å². The summed E-state index contributed by atoms with van der Waals surface area (Å²) in [6, 6.07) is 8.13. The van der Waals surface area contributed by atoms with Gasteiger partial charge in [0.05, 0.1) is 10.4 Å². The molecule has 3 aromatic rings. The van der Waals surface area contributed by atoms with E-state index in [2.05, 4.69) is 18.1 Å². The minimum Gasteiger partial charge on any atom is -0.380 e. The van der Waals surface area contributed by atoms with E-state index in [9.17, 15) is 0 Å². The van der Waals surface area contributed by atoms with Crippen LogP contribution in [-0.2, 0) is 0 Å². The predicted molar refractivity (Wildman–Crippen MR) is 72.3 cm³/mol. The van der Waals surface area contributed by atoms with Crippen LogP contribution >= 0.6 is 22.7 Å². The van der Waals surface area contributed by atoms with Gasteiger partial charge in [-0.25, -0.2) is 0 Å². The number of hydrogen-bond acceptors (Lipinski definition) is 5. The maximum absolute atomic E-state index is 5.88. The molecule has 0 aromatic carbocycles. The van der Waals surface area contributed by atoms with E-state index in [1.165, 1.54) is 4.88 Å². The summed E-state index contributed by atoms with van der Waals surface area (Å²) in [6.07, 6.45) is 0. The molecule has 0 aliphatic carbocycles. The lowest BCUT2D eigenvalue weighted by Gasteiger charge is -1.96. The lowest BCUT2D eigenvalue weighted by Crippen LogP contribution is -1.86. The molecule has 3 rings (SSSR count). The average Bonchev–Trinajstić information content (AvgIpc) is 2.97. The van der Waals surface area contributed by atoms with Gasteiger partial charge in [-0.1, -0.05) is 11.2 Å². The zero-order chi connectivity index (χ0) is 11.8. The van der Waals surface area contributed by atoms with Gasteiger partial charge in [0.2, 0.25) is 0 Å². The van der Waals surface area contributed by atoms with Gasteiger partial charge in [0, 0.05) is 9.75 Å². The summed E-state index contributed by atoms with van der Waals surface area (Å²) in [4.78, 5) is 3.40. The highest BCUT2D eigenvalue weighted by Gasteiger charge is 2.19. The van der Waals surface area contributed by atoms with Gasteiger partial charge < -0.3 is 10.3 Å². The van der Waals surface area contributed by atoms with Crippen molar-refractivity contribution in [1.82, 2.24) is 5.16 Å². The van der Waals surface area contributed by atoms with E-state index < -0.39 is 0 Å². The molecule has 3 heterocycles. The van der Waals surface area contributed by atoms with E-state index in [0.717, 1.165) is 21.1 Å². The number of nitrogens with zero attached hydrogens (tertiary/aromatic N) is 1. The second kappa shape index (κ2) is 4.01. The summed E-state index contributed by atoms with van der Waals surface area (Å²) in [5, 5.41) is 5.89. The van der Waals surface area contributed by atoms with Gasteiger partial charge in [0.25, 0.3) is 0 Å². The number of thiophene rings is 2. The van der Waals surface area contributed by atoms with Crippen LogP contribution in [0.2, 0.25) is 0 Å². The second-order valence-electron chi connectivity index (χ2n) is 3.66. The quantitative estimate of drug-likeness (QED) is 0.758. The molecule has 0 bridgehead atoms. The van der Waals surface area contributed by atoms with Crippen LogP contribution in [0.1, 0.15) is 4.88 Å². The molecule has 0 saturated carbocycles. The third-order valence-corrected chi connectivity index (χ3v) is 4.34. The topological polar surface area (TPSA) is 52.0 Å². The molecule has 0 aliphatic rings. The third-order valence-electron chi connectivity index (χ3n) is 2.45. The molecule has 3 nitrogen and oxygen atoms in total.